The zero-order valence-electron chi connectivity index (χ0n) is 8.91. The van der Waals surface area contributed by atoms with Gasteiger partial charge in [-0.05, 0) is 40.4 Å². The molecule has 0 bridgehead atoms. The standard InChI is InChI=1S/C11H12Br2N2O/c1-7-2-3-14-11(13)10(7)15-6-8(5-12)4-9(15)16/h2-3,8H,4-6H2,1H3. The average Bonchev–Trinajstić information content (AvgIpc) is 2.60. The summed E-state index contributed by atoms with van der Waals surface area (Å²) in [5.41, 5.74) is 1.99. The van der Waals surface area contributed by atoms with Crippen LogP contribution in [-0.4, -0.2) is 22.8 Å². The zero-order valence-corrected chi connectivity index (χ0v) is 12.1. The number of alkyl halides is 1. The lowest BCUT2D eigenvalue weighted by atomic mass is 10.2. The van der Waals surface area contributed by atoms with Gasteiger partial charge in [-0.3, -0.25) is 4.79 Å². The van der Waals surface area contributed by atoms with Gasteiger partial charge in [0.15, 0.2) is 0 Å². The van der Waals surface area contributed by atoms with Gasteiger partial charge in [0.25, 0.3) is 0 Å². The minimum absolute atomic E-state index is 0.182. The number of nitrogens with zero attached hydrogens (tertiary/aromatic N) is 2. The second-order valence-electron chi connectivity index (χ2n) is 4.00. The molecule has 0 radical (unpaired) electrons. The highest BCUT2D eigenvalue weighted by molar-refractivity contribution is 9.10. The SMILES string of the molecule is Cc1ccnc(Br)c1N1CC(CBr)CC1=O. The quantitative estimate of drug-likeness (QED) is 0.608. The minimum Gasteiger partial charge on any atom is -0.309 e. The van der Waals surface area contributed by atoms with Crippen molar-refractivity contribution in [3.05, 3.63) is 22.4 Å². The zero-order chi connectivity index (χ0) is 11.7. The van der Waals surface area contributed by atoms with E-state index in [4.69, 9.17) is 0 Å². The first-order valence-electron chi connectivity index (χ1n) is 5.11. The van der Waals surface area contributed by atoms with Crippen molar-refractivity contribution in [2.45, 2.75) is 13.3 Å². The van der Waals surface area contributed by atoms with Gasteiger partial charge >= 0.3 is 0 Å². The molecule has 5 heteroatoms. The van der Waals surface area contributed by atoms with Gasteiger partial charge in [0.2, 0.25) is 5.91 Å². The normalized spacial score (nSPS) is 20.6. The van der Waals surface area contributed by atoms with Crippen molar-refractivity contribution in [2.24, 2.45) is 5.92 Å². The molecule has 0 saturated carbocycles. The molecule has 1 amide bonds. The fourth-order valence-corrected chi connectivity index (χ4v) is 3.02. The van der Waals surface area contributed by atoms with E-state index in [1.807, 2.05) is 17.9 Å². The summed E-state index contributed by atoms with van der Waals surface area (Å²) in [5, 5.41) is 0.867. The third kappa shape index (κ3) is 2.15. The highest BCUT2D eigenvalue weighted by Crippen LogP contribution is 2.33. The van der Waals surface area contributed by atoms with E-state index in [1.54, 1.807) is 6.20 Å². The van der Waals surface area contributed by atoms with Crippen LogP contribution in [0, 0.1) is 12.8 Å². The number of pyridine rings is 1. The molecule has 1 aromatic heterocycles. The smallest absolute Gasteiger partial charge is 0.227 e. The lowest BCUT2D eigenvalue weighted by Gasteiger charge is -2.19. The Hall–Kier alpha value is -0.420. The average molecular weight is 348 g/mol. The molecular formula is C11H12Br2N2O. The van der Waals surface area contributed by atoms with E-state index in [2.05, 4.69) is 36.8 Å². The molecule has 1 aliphatic heterocycles. The topological polar surface area (TPSA) is 33.2 Å². The van der Waals surface area contributed by atoms with Gasteiger partial charge in [-0.15, -0.1) is 0 Å². The van der Waals surface area contributed by atoms with Gasteiger partial charge in [-0.25, -0.2) is 4.98 Å². The molecule has 1 aliphatic rings. The number of hydrogen-bond donors (Lipinski definition) is 0. The maximum absolute atomic E-state index is 11.9. The van der Waals surface area contributed by atoms with Crippen molar-refractivity contribution in [3.63, 3.8) is 0 Å². The van der Waals surface area contributed by atoms with Crippen LogP contribution in [-0.2, 0) is 4.79 Å². The van der Waals surface area contributed by atoms with Crippen LogP contribution in [0.4, 0.5) is 5.69 Å². The van der Waals surface area contributed by atoms with Crippen molar-refractivity contribution in [2.75, 3.05) is 16.8 Å². The van der Waals surface area contributed by atoms with Crippen molar-refractivity contribution >= 4 is 43.5 Å². The van der Waals surface area contributed by atoms with Crippen LogP contribution in [0.25, 0.3) is 0 Å². The molecular weight excluding hydrogens is 336 g/mol. The van der Waals surface area contributed by atoms with Gasteiger partial charge in [0.05, 0.1) is 5.69 Å². The summed E-state index contributed by atoms with van der Waals surface area (Å²) in [4.78, 5) is 17.9. The Kier molecular flexibility index (Phi) is 3.64. The molecule has 1 atom stereocenters. The lowest BCUT2D eigenvalue weighted by molar-refractivity contribution is -0.117. The highest BCUT2D eigenvalue weighted by atomic mass is 79.9. The van der Waals surface area contributed by atoms with Gasteiger partial charge < -0.3 is 4.90 Å². The number of aromatic nitrogens is 1. The first kappa shape index (κ1) is 12.0. The molecule has 1 unspecified atom stereocenters. The van der Waals surface area contributed by atoms with Crippen molar-refractivity contribution in [1.29, 1.82) is 0 Å². The van der Waals surface area contributed by atoms with Crippen LogP contribution in [0.5, 0.6) is 0 Å². The van der Waals surface area contributed by atoms with Gasteiger partial charge in [0.1, 0.15) is 4.60 Å². The molecule has 1 fully saturated rings. The lowest BCUT2D eigenvalue weighted by Crippen LogP contribution is -2.26. The summed E-state index contributed by atoms with van der Waals surface area (Å²) in [6, 6.07) is 1.93. The summed E-state index contributed by atoms with van der Waals surface area (Å²) < 4.78 is 0.746. The molecule has 1 aromatic rings. The Morgan fingerprint density at radius 3 is 2.94 bits per heavy atom. The van der Waals surface area contributed by atoms with E-state index < -0.39 is 0 Å². The van der Waals surface area contributed by atoms with Crippen molar-refractivity contribution in [3.8, 4) is 0 Å². The monoisotopic (exact) mass is 346 g/mol. The fraction of sp³-hybridized carbons (Fsp3) is 0.455. The number of carbonyl (C=O) groups excluding carboxylic acids is 1. The second-order valence-corrected chi connectivity index (χ2v) is 5.39. The second kappa shape index (κ2) is 4.84. The number of rotatable bonds is 2. The highest BCUT2D eigenvalue weighted by Gasteiger charge is 2.31. The molecule has 2 rings (SSSR count). The van der Waals surface area contributed by atoms with E-state index >= 15 is 0 Å². The van der Waals surface area contributed by atoms with Crippen molar-refractivity contribution in [1.82, 2.24) is 4.98 Å². The Bertz CT molecular complexity index is 402. The summed E-state index contributed by atoms with van der Waals surface area (Å²) in [7, 11) is 0. The van der Waals surface area contributed by atoms with Crippen LogP contribution < -0.4 is 4.90 Å². The Labute approximate surface area is 111 Å². The van der Waals surface area contributed by atoms with E-state index in [0.29, 0.717) is 12.3 Å². The van der Waals surface area contributed by atoms with E-state index in [0.717, 1.165) is 27.7 Å². The van der Waals surface area contributed by atoms with Crippen LogP contribution in [0.3, 0.4) is 0 Å². The molecule has 3 nitrogen and oxygen atoms in total. The first-order chi connectivity index (χ1) is 7.63. The number of halogens is 2. The van der Waals surface area contributed by atoms with Crippen LogP contribution in [0.1, 0.15) is 12.0 Å². The maximum atomic E-state index is 11.9. The molecule has 16 heavy (non-hydrogen) atoms. The number of carbonyl (C=O) groups is 1. The summed E-state index contributed by atoms with van der Waals surface area (Å²) >= 11 is 6.84. The van der Waals surface area contributed by atoms with Crippen LogP contribution >= 0.6 is 31.9 Å². The van der Waals surface area contributed by atoms with E-state index in [-0.39, 0.29) is 5.91 Å². The number of hydrogen-bond acceptors (Lipinski definition) is 2. The molecule has 1 saturated heterocycles. The summed E-state index contributed by atoms with van der Waals surface area (Å²) in [6.07, 6.45) is 2.36. The predicted octanol–water partition coefficient (Wildman–Crippen LogP) is 2.90. The van der Waals surface area contributed by atoms with Gasteiger partial charge in [-0.2, -0.15) is 0 Å². The summed E-state index contributed by atoms with van der Waals surface area (Å²) in [6.45, 7) is 2.77. The number of anilines is 1. The van der Waals surface area contributed by atoms with Crippen LogP contribution in [0.15, 0.2) is 16.9 Å². The Morgan fingerprint density at radius 1 is 1.62 bits per heavy atom. The molecule has 0 spiro atoms. The fourth-order valence-electron chi connectivity index (χ4n) is 1.94. The molecule has 0 aliphatic carbocycles. The molecule has 0 aromatic carbocycles. The first-order valence-corrected chi connectivity index (χ1v) is 7.02. The predicted molar refractivity (Wildman–Crippen MR) is 70.9 cm³/mol. The van der Waals surface area contributed by atoms with Gasteiger partial charge in [0, 0.05) is 24.5 Å². The summed E-state index contributed by atoms with van der Waals surface area (Å²) in [5.74, 6) is 0.584. The minimum atomic E-state index is 0.182. The Morgan fingerprint density at radius 2 is 2.38 bits per heavy atom. The van der Waals surface area contributed by atoms with Gasteiger partial charge in [-0.1, -0.05) is 15.9 Å². The van der Waals surface area contributed by atoms with E-state index in [1.165, 1.54) is 0 Å². The molecule has 0 N–H and O–H groups in total. The van der Waals surface area contributed by atoms with E-state index in [9.17, 15) is 4.79 Å². The maximum Gasteiger partial charge on any atom is 0.227 e. The third-order valence-electron chi connectivity index (χ3n) is 2.77. The third-order valence-corrected chi connectivity index (χ3v) is 4.27. The number of aryl methyl sites for hydroxylation is 1. The number of amides is 1. The molecule has 2 heterocycles. The Balaban J connectivity index is 2.35. The van der Waals surface area contributed by atoms with Crippen LogP contribution in [0.2, 0.25) is 0 Å². The largest absolute Gasteiger partial charge is 0.309 e. The van der Waals surface area contributed by atoms with Crippen molar-refractivity contribution < 1.29 is 4.79 Å². The molecule has 86 valence electrons.